The zero-order chi connectivity index (χ0) is 15.1. The lowest BCUT2D eigenvalue weighted by atomic mass is 9.73. The van der Waals surface area contributed by atoms with E-state index in [1.807, 2.05) is 18.7 Å². The molecule has 2 rings (SSSR count). The summed E-state index contributed by atoms with van der Waals surface area (Å²) in [4.78, 5) is 13.9. The summed E-state index contributed by atoms with van der Waals surface area (Å²) in [5.41, 5.74) is 0.121. The van der Waals surface area contributed by atoms with Crippen LogP contribution in [0.25, 0.3) is 0 Å². The predicted molar refractivity (Wildman–Crippen MR) is 78.7 cm³/mol. The molecule has 0 unspecified atom stereocenters. The van der Waals surface area contributed by atoms with Gasteiger partial charge in [0, 0.05) is 37.5 Å². The first-order valence-corrected chi connectivity index (χ1v) is 8.96. The van der Waals surface area contributed by atoms with Crippen molar-refractivity contribution < 1.29 is 13.2 Å². The summed E-state index contributed by atoms with van der Waals surface area (Å²) in [6, 6.07) is 0. The molecular formula is C14H26N2O3S. The number of likely N-dealkylation sites (tertiary alicyclic amines) is 1. The summed E-state index contributed by atoms with van der Waals surface area (Å²) in [6.07, 6.45) is 1.85. The Labute approximate surface area is 122 Å². The lowest BCUT2D eigenvalue weighted by Crippen LogP contribution is -2.63. The quantitative estimate of drug-likeness (QED) is 0.790. The number of hydrogen-bond acceptors (Lipinski definition) is 3. The van der Waals surface area contributed by atoms with Crippen LogP contribution in [0.5, 0.6) is 0 Å². The average Bonchev–Trinajstić information content (AvgIpc) is 2.34. The molecule has 0 atom stereocenters. The molecule has 0 bridgehead atoms. The highest BCUT2D eigenvalue weighted by Gasteiger charge is 2.50. The molecule has 116 valence electrons. The van der Waals surface area contributed by atoms with E-state index in [-0.39, 0.29) is 22.5 Å². The Morgan fingerprint density at radius 2 is 1.55 bits per heavy atom. The van der Waals surface area contributed by atoms with Gasteiger partial charge in [0.1, 0.15) is 0 Å². The Hall–Kier alpha value is -0.620. The molecule has 2 aliphatic rings. The van der Waals surface area contributed by atoms with Gasteiger partial charge in [-0.25, -0.2) is 12.7 Å². The van der Waals surface area contributed by atoms with E-state index in [9.17, 15) is 13.2 Å². The van der Waals surface area contributed by atoms with Crippen LogP contribution in [-0.2, 0) is 14.8 Å². The molecule has 0 aromatic carbocycles. The smallest absolute Gasteiger partial charge is 0.225 e. The third kappa shape index (κ3) is 2.72. The third-order valence-electron chi connectivity index (χ3n) is 4.61. The van der Waals surface area contributed by atoms with Gasteiger partial charge in [-0.3, -0.25) is 4.79 Å². The lowest BCUT2D eigenvalue weighted by molar-refractivity contribution is -0.138. The van der Waals surface area contributed by atoms with Crippen molar-refractivity contribution in [2.45, 2.75) is 45.8 Å². The SMILES string of the molecule is CC(C)C(=O)N1CCC2(CC1)CN(S(=O)(=O)C(C)C)C2. The Morgan fingerprint density at radius 3 is 1.95 bits per heavy atom. The fraction of sp³-hybridized carbons (Fsp3) is 0.929. The fourth-order valence-corrected chi connectivity index (χ4v) is 4.57. The third-order valence-corrected chi connectivity index (χ3v) is 6.78. The van der Waals surface area contributed by atoms with Crippen molar-refractivity contribution in [3.05, 3.63) is 0 Å². The summed E-state index contributed by atoms with van der Waals surface area (Å²) < 4.78 is 25.7. The zero-order valence-electron chi connectivity index (χ0n) is 12.9. The fourth-order valence-electron chi connectivity index (χ4n) is 3.06. The molecule has 6 heteroatoms. The van der Waals surface area contributed by atoms with E-state index in [0.717, 1.165) is 25.9 Å². The molecular weight excluding hydrogens is 276 g/mol. The van der Waals surface area contributed by atoms with Crippen LogP contribution in [0.4, 0.5) is 0 Å². The van der Waals surface area contributed by atoms with E-state index in [4.69, 9.17) is 0 Å². The molecule has 5 nitrogen and oxygen atoms in total. The first-order chi connectivity index (χ1) is 9.18. The molecule has 0 aliphatic carbocycles. The van der Waals surface area contributed by atoms with Gasteiger partial charge in [0.05, 0.1) is 5.25 Å². The van der Waals surface area contributed by atoms with E-state index in [1.165, 1.54) is 0 Å². The topological polar surface area (TPSA) is 57.7 Å². The van der Waals surface area contributed by atoms with Gasteiger partial charge in [-0.2, -0.15) is 0 Å². The van der Waals surface area contributed by atoms with Crippen LogP contribution in [0.2, 0.25) is 0 Å². The van der Waals surface area contributed by atoms with E-state index < -0.39 is 10.0 Å². The second-order valence-electron chi connectivity index (χ2n) is 6.84. The Kier molecular flexibility index (Phi) is 4.17. The molecule has 0 aromatic heterocycles. The van der Waals surface area contributed by atoms with Gasteiger partial charge in [-0.15, -0.1) is 0 Å². The van der Waals surface area contributed by atoms with E-state index in [1.54, 1.807) is 18.2 Å². The van der Waals surface area contributed by atoms with Gasteiger partial charge >= 0.3 is 0 Å². The van der Waals surface area contributed by atoms with Gasteiger partial charge in [0.15, 0.2) is 0 Å². The molecule has 0 radical (unpaired) electrons. The van der Waals surface area contributed by atoms with Crippen LogP contribution in [0.15, 0.2) is 0 Å². The van der Waals surface area contributed by atoms with Gasteiger partial charge < -0.3 is 4.90 Å². The minimum atomic E-state index is -3.11. The number of piperidine rings is 1. The first kappa shape index (κ1) is 15.8. The predicted octanol–water partition coefficient (Wildman–Crippen LogP) is 1.31. The normalized spacial score (nSPS) is 23.4. The largest absolute Gasteiger partial charge is 0.342 e. The van der Waals surface area contributed by atoms with Crippen LogP contribution in [0.3, 0.4) is 0 Å². The Bertz CT molecular complexity index is 469. The van der Waals surface area contributed by atoms with Crippen LogP contribution in [0.1, 0.15) is 40.5 Å². The van der Waals surface area contributed by atoms with Crippen molar-refractivity contribution in [1.82, 2.24) is 9.21 Å². The number of nitrogens with zero attached hydrogens (tertiary/aromatic N) is 2. The summed E-state index contributed by atoms with van der Waals surface area (Å²) >= 11 is 0. The Balaban J connectivity index is 1.89. The summed E-state index contributed by atoms with van der Waals surface area (Å²) in [5, 5.41) is -0.345. The van der Waals surface area contributed by atoms with Crippen LogP contribution in [-0.4, -0.2) is 55.0 Å². The highest BCUT2D eigenvalue weighted by Crippen LogP contribution is 2.42. The van der Waals surface area contributed by atoms with Gasteiger partial charge in [-0.05, 0) is 26.7 Å². The van der Waals surface area contributed by atoms with Crippen molar-refractivity contribution in [3.8, 4) is 0 Å². The monoisotopic (exact) mass is 302 g/mol. The molecule has 1 spiro atoms. The first-order valence-electron chi connectivity index (χ1n) is 7.46. The molecule has 2 fully saturated rings. The van der Waals surface area contributed by atoms with Crippen molar-refractivity contribution in [2.75, 3.05) is 26.2 Å². The number of carbonyl (C=O) groups is 1. The molecule has 2 heterocycles. The minimum absolute atomic E-state index is 0.0447. The molecule has 2 aliphatic heterocycles. The van der Waals surface area contributed by atoms with Crippen molar-refractivity contribution >= 4 is 15.9 Å². The van der Waals surface area contributed by atoms with Crippen LogP contribution >= 0.6 is 0 Å². The van der Waals surface area contributed by atoms with E-state index in [2.05, 4.69) is 0 Å². The van der Waals surface area contributed by atoms with Crippen molar-refractivity contribution in [1.29, 1.82) is 0 Å². The number of amides is 1. The summed E-state index contributed by atoms with van der Waals surface area (Å²) in [7, 11) is -3.11. The van der Waals surface area contributed by atoms with E-state index in [0.29, 0.717) is 13.1 Å². The maximum absolute atomic E-state index is 12.1. The molecule has 0 N–H and O–H groups in total. The van der Waals surface area contributed by atoms with Gasteiger partial charge in [-0.1, -0.05) is 13.8 Å². The Morgan fingerprint density at radius 1 is 1.05 bits per heavy atom. The minimum Gasteiger partial charge on any atom is -0.342 e. The second kappa shape index (κ2) is 5.30. The molecule has 20 heavy (non-hydrogen) atoms. The highest BCUT2D eigenvalue weighted by molar-refractivity contribution is 7.89. The molecule has 0 saturated carbocycles. The highest BCUT2D eigenvalue weighted by atomic mass is 32.2. The maximum Gasteiger partial charge on any atom is 0.225 e. The number of sulfonamides is 1. The number of carbonyl (C=O) groups excluding carboxylic acids is 1. The van der Waals surface area contributed by atoms with E-state index >= 15 is 0 Å². The van der Waals surface area contributed by atoms with Crippen molar-refractivity contribution in [2.24, 2.45) is 11.3 Å². The van der Waals surface area contributed by atoms with Crippen molar-refractivity contribution in [3.63, 3.8) is 0 Å². The number of rotatable bonds is 3. The second-order valence-corrected chi connectivity index (χ2v) is 9.33. The summed E-state index contributed by atoms with van der Waals surface area (Å²) in [5.74, 6) is 0.258. The van der Waals surface area contributed by atoms with Crippen LogP contribution in [0, 0.1) is 11.3 Å². The van der Waals surface area contributed by atoms with Gasteiger partial charge in [0.2, 0.25) is 15.9 Å². The maximum atomic E-state index is 12.1. The zero-order valence-corrected chi connectivity index (χ0v) is 13.7. The average molecular weight is 302 g/mol. The number of hydrogen-bond donors (Lipinski definition) is 0. The molecule has 0 aromatic rings. The molecule has 1 amide bonds. The standard InChI is InChI=1S/C14H26N2O3S/c1-11(2)13(17)15-7-5-14(6-8-15)9-16(10-14)20(18,19)12(3)4/h11-12H,5-10H2,1-4H3. The van der Waals surface area contributed by atoms with Gasteiger partial charge in [0.25, 0.3) is 0 Å². The van der Waals surface area contributed by atoms with Crippen LogP contribution < -0.4 is 0 Å². The summed E-state index contributed by atoms with van der Waals surface area (Å²) in [6.45, 7) is 10.1. The lowest BCUT2D eigenvalue weighted by Gasteiger charge is -2.53. The molecule has 2 saturated heterocycles.